The van der Waals surface area contributed by atoms with Crippen LogP contribution in [0.15, 0.2) is 59.5 Å². The highest BCUT2D eigenvalue weighted by molar-refractivity contribution is 7.89. The SMILES string of the molecule is CN1CCN(S(=O)(=O)c2ccc(NC(=O)c3cc(C4CC4)nc4ccccc34)cc2)CC1. The molecule has 1 aliphatic heterocycles. The highest BCUT2D eigenvalue weighted by Crippen LogP contribution is 2.40. The van der Waals surface area contributed by atoms with Crippen LogP contribution < -0.4 is 5.32 Å². The molecule has 1 aromatic heterocycles. The number of hydrogen-bond acceptors (Lipinski definition) is 5. The van der Waals surface area contributed by atoms with Gasteiger partial charge in [0, 0.05) is 48.9 Å². The van der Waals surface area contributed by atoms with Crippen molar-refractivity contribution in [3.63, 3.8) is 0 Å². The van der Waals surface area contributed by atoms with Crippen LogP contribution in [-0.2, 0) is 10.0 Å². The van der Waals surface area contributed by atoms with Crippen LogP contribution in [0, 0.1) is 0 Å². The maximum atomic E-state index is 13.1. The lowest BCUT2D eigenvalue weighted by Crippen LogP contribution is -2.46. The van der Waals surface area contributed by atoms with Crippen molar-refractivity contribution in [2.24, 2.45) is 0 Å². The van der Waals surface area contributed by atoms with E-state index in [0.717, 1.165) is 42.5 Å². The molecule has 2 heterocycles. The molecular weight excluding hydrogens is 424 g/mol. The molecule has 1 amide bonds. The summed E-state index contributed by atoms with van der Waals surface area (Å²) in [5.74, 6) is 0.213. The molecule has 5 rings (SSSR count). The second kappa shape index (κ2) is 8.27. The number of carbonyl (C=O) groups is 1. The Hall–Kier alpha value is -2.81. The lowest BCUT2D eigenvalue weighted by atomic mass is 10.1. The van der Waals surface area contributed by atoms with Gasteiger partial charge in [-0.2, -0.15) is 4.31 Å². The number of hydrogen-bond donors (Lipinski definition) is 1. The number of likely N-dealkylation sites (N-methyl/N-ethyl adjacent to an activating group) is 1. The number of fused-ring (bicyclic) bond motifs is 1. The number of aromatic nitrogens is 1. The molecule has 2 fully saturated rings. The van der Waals surface area contributed by atoms with E-state index in [0.29, 0.717) is 30.3 Å². The molecule has 0 unspecified atom stereocenters. The smallest absolute Gasteiger partial charge is 0.256 e. The topological polar surface area (TPSA) is 82.6 Å². The van der Waals surface area contributed by atoms with Gasteiger partial charge in [0.25, 0.3) is 5.91 Å². The number of nitrogens with zero attached hydrogens (tertiary/aromatic N) is 3. The van der Waals surface area contributed by atoms with Gasteiger partial charge in [-0.3, -0.25) is 9.78 Å². The summed E-state index contributed by atoms with van der Waals surface area (Å²) in [5.41, 5.74) is 2.92. The van der Waals surface area contributed by atoms with E-state index in [-0.39, 0.29) is 10.8 Å². The maximum absolute atomic E-state index is 13.1. The Balaban J connectivity index is 1.37. The van der Waals surface area contributed by atoms with Crippen LogP contribution in [0.25, 0.3) is 10.9 Å². The van der Waals surface area contributed by atoms with Crippen molar-refractivity contribution < 1.29 is 13.2 Å². The Morgan fingerprint density at radius 2 is 1.69 bits per heavy atom. The van der Waals surface area contributed by atoms with Gasteiger partial charge in [-0.05, 0) is 56.3 Å². The molecule has 3 aromatic rings. The number of sulfonamides is 1. The molecule has 0 atom stereocenters. The average Bonchev–Trinajstić information content (AvgIpc) is 3.64. The average molecular weight is 451 g/mol. The van der Waals surface area contributed by atoms with E-state index in [4.69, 9.17) is 4.98 Å². The van der Waals surface area contributed by atoms with Crippen molar-refractivity contribution in [3.05, 3.63) is 65.9 Å². The van der Waals surface area contributed by atoms with Gasteiger partial charge in [0.05, 0.1) is 16.0 Å². The third kappa shape index (κ3) is 4.13. The zero-order valence-electron chi connectivity index (χ0n) is 18.0. The van der Waals surface area contributed by atoms with Crippen molar-refractivity contribution in [1.82, 2.24) is 14.2 Å². The van der Waals surface area contributed by atoms with E-state index >= 15 is 0 Å². The van der Waals surface area contributed by atoms with Gasteiger partial charge < -0.3 is 10.2 Å². The van der Waals surface area contributed by atoms with Gasteiger partial charge in [0.2, 0.25) is 10.0 Å². The number of anilines is 1. The van der Waals surface area contributed by atoms with Gasteiger partial charge in [0.15, 0.2) is 0 Å². The van der Waals surface area contributed by atoms with E-state index < -0.39 is 10.0 Å². The predicted octanol–water partition coefficient (Wildman–Crippen LogP) is 3.30. The minimum absolute atomic E-state index is 0.222. The summed E-state index contributed by atoms with van der Waals surface area (Å²) in [6, 6.07) is 15.9. The molecule has 2 aliphatic rings. The van der Waals surface area contributed by atoms with E-state index in [1.54, 1.807) is 24.3 Å². The molecule has 166 valence electrons. The lowest BCUT2D eigenvalue weighted by Gasteiger charge is -2.31. The van der Waals surface area contributed by atoms with Crippen LogP contribution in [0.5, 0.6) is 0 Å². The number of piperazine rings is 1. The van der Waals surface area contributed by atoms with Crippen LogP contribution in [0.4, 0.5) is 5.69 Å². The standard InChI is InChI=1S/C24H26N4O3S/c1-27-12-14-28(15-13-27)32(30,31)19-10-8-18(9-11-19)25-24(29)21-16-23(17-6-7-17)26-22-5-3-2-4-20(21)22/h2-5,8-11,16-17H,6-7,12-15H2,1H3,(H,25,29). The van der Waals surface area contributed by atoms with Crippen LogP contribution in [0.3, 0.4) is 0 Å². The van der Waals surface area contributed by atoms with Crippen molar-refractivity contribution in [1.29, 1.82) is 0 Å². The summed E-state index contributed by atoms with van der Waals surface area (Å²) in [5, 5.41) is 3.73. The second-order valence-corrected chi connectivity index (χ2v) is 10.5. The van der Waals surface area contributed by atoms with Gasteiger partial charge in [0.1, 0.15) is 0 Å². The van der Waals surface area contributed by atoms with Crippen LogP contribution in [0.2, 0.25) is 0 Å². The molecular formula is C24H26N4O3S. The molecule has 0 spiro atoms. The minimum atomic E-state index is -3.53. The molecule has 1 aliphatic carbocycles. The molecule has 7 nitrogen and oxygen atoms in total. The highest BCUT2D eigenvalue weighted by Gasteiger charge is 2.28. The first-order chi connectivity index (χ1) is 15.4. The van der Waals surface area contributed by atoms with Gasteiger partial charge in [-0.15, -0.1) is 0 Å². The van der Waals surface area contributed by atoms with Crippen molar-refractivity contribution >= 4 is 32.5 Å². The monoisotopic (exact) mass is 450 g/mol. The third-order valence-electron chi connectivity index (χ3n) is 6.19. The number of carbonyl (C=O) groups excluding carboxylic acids is 1. The normalized spacial score (nSPS) is 18.0. The lowest BCUT2D eigenvalue weighted by molar-refractivity contribution is 0.102. The molecule has 32 heavy (non-hydrogen) atoms. The molecule has 1 N–H and O–H groups in total. The maximum Gasteiger partial charge on any atom is 0.256 e. The largest absolute Gasteiger partial charge is 0.322 e. The number of pyridine rings is 1. The quantitative estimate of drug-likeness (QED) is 0.645. The van der Waals surface area contributed by atoms with Crippen molar-refractivity contribution in [2.45, 2.75) is 23.7 Å². The first-order valence-corrected chi connectivity index (χ1v) is 12.4. The first kappa shape index (κ1) is 21.1. The Morgan fingerprint density at radius 1 is 1.00 bits per heavy atom. The van der Waals surface area contributed by atoms with Crippen LogP contribution >= 0.6 is 0 Å². The van der Waals surface area contributed by atoms with Gasteiger partial charge in [-0.25, -0.2) is 8.42 Å². The van der Waals surface area contributed by atoms with Crippen LogP contribution in [0.1, 0.15) is 34.8 Å². The summed E-state index contributed by atoms with van der Waals surface area (Å²) < 4.78 is 27.3. The number of nitrogens with one attached hydrogen (secondary N) is 1. The molecule has 8 heteroatoms. The van der Waals surface area contributed by atoms with Crippen molar-refractivity contribution in [2.75, 3.05) is 38.5 Å². The molecule has 1 saturated heterocycles. The Kier molecular flexibility index (Phi) is 5.44. The fourth-order valence-electron chi connectivity index (χ4n) is 4.06. The van der Waals surface area contributed by atoms with Crippen molar-refractivity contribution in [3.8, 4) is 0 Å². The summed E-state index contributed by atoms with van der Waals surface area (Å²) in [4.78, 5) is 20.2. The third-order valence-corrected chi connectivity index (χ3v) is 8.10. The zero-order valence-corrected chi connectivity index (χ0v) is 18.8. The zero-order chi connectivity index (χ0) is 22.3. The number of rotatable bonds is 5. The minimum Gasteiger partial charge on any atom is -0.322 e. The number of benzene rings is 2. The fourth-order valence-corrected chi connectivity index (χ4v) is 5.48. The Morgan fingerprint density at radius 3 is 2.38 bits per heavy atom. The molecule has 1 saturated carbocycles. The van der Waals surface area contributed by atoms with E-state index in [9.17, 15) is 13.2 Å². The number of amides is 1. The molecule has 2 aromatic carbocycles. The van der Waals surface area contributed by atoms with Gasteiger partial charge >= 0.3 is 0 Å². The van der Waals surface area contributed by atoms with E-state index in [2.05, 4.69) is 10.2 Å². The highest BCUT2D eigenvalue weighted by atomic mass is 32.2. The molecule has 0 radical (unpaired) electrons. The van der Waals surface area contributed by atoms with Crippen LogP contribution in [-0.4, -0.2) is 61.7 Å². The Bertz CT molecular complexity index is 1260. The van der Waals surface area contributed by atoms with E-state index in [1.165, 1.54) is 4.31 Å². The first-order valence-electron chi connectivity index (χ1n) is 10.9. The van der Waals surface area contributed by atoms with E-state index in [1.807, 2.05) is 37.4 Å². The predicted molar refractivity (Wildman–Crippen MR) is 124 cm³/mol. The fraction of sp³-hybridized carbons (Fsp3) is 0.333. The number of para-hydroxylation sites is 1. The summed E-state index contributed by atoms with van der Waals surface area (Å²) in [6.07, 6.45) is 2.21. The summed E-state index contributed by atoms with van der Waals surface area (Å²) >= 11 is 0. The molecule has 0 bridgehead atoms. The summed E-state index contributed by atoms with van der Waals surface area (Å²) in [6.45, 7) is 2.40. The Labute approximate surface area is 188 Å². The summed E-state index contributed by atoms with van der Waals surface area (Å²) in [7, 11) is -1.55. The van der Waals surface area contributed by atoms with Gasteiger partial charge in [-0.1, -0.05) is 18.2 Å². The second-order valence-electron chi connectivity index (χ2n) is 8.57.